The smallest absolute Gasteiger partial charge is 0.0725 e. The number of aromatic nitrogens is 1. The Morgan fingerprint density at radius 3 is 2.95 bits per heavy atom. The van der Waals surface area contributed by atoms with E-state index in [4.69, 9.17) is 16.3 Å². The van der Waals surface area contributed by atoms with Gasteiger partial charge in [-0.3, -0.25) is 4.98 Å². The van der Waals surface area contributed by atoms with Gasteiger partial charge in [-0.15, -0.1) is 11.6 Å². The van der Waals surface area contributed by atoms with Crippen LogP contribution in [0.5, 0.6) is 0 Å². The van der Waals surface area contributed by atoms with Crippen LogP contribution in [-0.4, -0.2) is 30.6 Å². The summed E-state index contributed by atoms with van der Waals surface area (Å²) in [5, 5.41) is 4.61. The van der Waals surface area contributed by atoms with E-state index in [9.17, 15) is 0 Å². The molecule has 0 aliphatic rings. The summed E-state index contributed by atoms with van der Waals surface area (Å²) in [5.74, 6) is 0.557. The summed E-state index contributed by atoms with van der Waals surface area (Å²) in [6.45, 7) is 4.26. The molecule has 0 fully saturated rings. The number of alkyl halides is 1. The lowest BCUT2D eigenvalue weighted by Crippen LogP contribution is -2.07. The predicted octanol–water partition coefficient (Wildman–Crippen LogP) is 3.60. The van der Waals surface area contributed by atoms with Gasteiger partial charge in [-0.05, 0) is 25.5 Å². The van der Waals surface area contributed by atoms with E-state index in [1.165, 1.54) is 0 Å². The molecular weight excluding hydrogens is 260 g/mol. The van der Waals surface area contributed by atoms with E-state index < -0.39 is 0 Å². The third-order valence-corrected chi connectivity index (χ3v) is 3.00. The van der Waals surface area contributed by atoms with Gasteiger partial charge in [0.25, 0.3) is 0 Å². The number of para-hydroxylation sites is 1. The summed E-state index contributed by atoms with van der Waals surface area (Å²) in [6, 6.07) is 10.3. The van der Waals surface area contributed by atoms with Crippen molar-refractivity contribution in [1.82, 2.24) is 4.98 Å². The van der Waals surface area contributed by atoms with Crippen LogP contribution in [0.4, 0.5) is 5.69 Å². The van der Waals surface area contributed by atoms with Crippen LogP contribution in [0.2, 0.25) is 0 Å². The maximum absolute atomic E-state index is 5.55. The zero-order chi connectivity index (χ0) is 13.5. The van der Waals surface area contributed by atoms with Crippen LogP contribution in [0, 0.1) is 6.92 Å². The van der Waals surface area contributed by atoms with E-state index in [0.717, 1.165) is 41.9 Å². The largest absolute Gasteiger partial charge is 0.384 e. The van der Waals surface area contributed by atoms with Crippen LogP contribution >= 0.6 is 11.6 Å². The fourth-order valence-corrected chi connectivity index (χ4v) is 2.12. The first-order valence-electron chi connectivity index (χ1n) is 6.55. The average molecular weight is 279 g/mol. The molecule has 0 aliphatic carbocycles. The lowest BCUT2D eigenvalue weighted by molar-refractivity contribution is 0.149. The first kappa shape index (κ1) is 14.1. The fourth-order valence-electron chi connectivity index (χ4n) is 2.01. The van der Waals surface area contributed by atoms with E-state index in [1.807, 2.05) is 25.1 Å². The number of rotatable bonds is 7. The van der Waals surface area contributed by atoms with Crippen molar-refractivity contribution in [3.63, 3.8) is 0 Å². The number of halogens is 1. The van der Waals surface area contributed by atoms with Crippen LogP contribution < -0.4 is 5.32 Å². The minimum absolute atomic E-state index is 0.557. The number of ether oxygens (including phenoxy) is 1. The zero-order valence-electron chi connectivity index (χ0n) is 11.2. The quantitative estimate of drug-likeness (QED) is 0.621. The molecule has 1 aromatic heterocycles. The van der Waals surface area contributed by atoms with Crippen LogP contribution in [0.3, 0.4) is 0 Å². The highest BCUT2D eigenvalue weighted by atomic mass is 35.5. The Morgan fingerprint density at radius 1 is 1.26 bits per heavy atom. The molecule has 2 aromatic rings. The molecule has 0 amide bonds. The molecule has 1 heterocycles. The molecule has 3 nitrogen and oxygen atoms in total. The average Bonchev–Trinajstić information content (AvgIpc) is 2.42. The van der Waals surface area contributed by atoms with E-state index in [1.54, 1.807) is 0 Å². The van der Waals surface area contributed by atoms with Crippen molar-refractivity contribution < 1.29 is 4.74 Å². The summed E-state index contributed by atoms with van der Waals surface area (Å²) in [6.07, 6.45) is 0.965. The number of hydrogen-bond acceptors (Lipinski definition) is 3. The highest BCUT2D eigenvalue weighted by molar-refractivity contribution is 6.17. The number of pyridine rings is 1. The van der Waals surface area contributed by atoms with E-state index >= 15 is 0 Å². The number of nitrogens with zero attached hydrogens (tertiary/aromatic N) is 1. The van der Waals surface area contributed by atoms with E-state index in [-0.39, 0.29) is 0 Å². The van der Waals surface area contributed by atoms with Gasteiger partial charge in [0.15, 0.2) is 0 Å². The summed E-state index contributed by atoms with van der Waals surface area (Å²) in [7, 11) is 0. The highest BCUT2D eigenvalue weighted by Crippen LogP contribution is 2.22. The van der Waals surface area contributed by atoms with Crippen LogP contribution in [0.1, 0.15) is 12.1 Å². The molecule has 0 saturated carbocycles. The molecule has 1 aromatic carbocycles. The van der Waals surface area contributed by atoms with Crippen LogP contribution in [-0.2, 0) is 4.74 Å². The normalized spacial score (nSPS) is 10.8. The molecule has 0 atom stereocenters. The van der Waals surface area contributed by atoms with Crippen molar-refractivity contribution >= 4 is 28.2 Å². The fraction of sp³-hybridized carbons (Fsp3) is 0.400. The monoisotopic (exact) mass is 278 g/mol. The molecule has 2 rings (SSSR count). The minimum atomic E-state index is 0.557. The Hall–Kier alpha value is -1.32. The van der Waals surface area contributed by atoms with Crippen molar-refractivity contribution in [2.45, 2.75) is 13.3 Å². The van der Waals surface area contributed by atoms with Crippen LogP contribution in [0.15, 0.2) is 30.3 Å². The van der Waals surface area contributed by atoms with Gasteiger partial charge >= 0.3 is 0 Å². The molecule has 4 heteroatoms. The van der Waals surface area contributed by atoms with Gasteiger partial charge in [-0.2, -0.15) is 0 Å². The highest BCUT2D eigenvalue weighted by Gasteiger charge is 2.02. The van der Waals surface area contributed by atoms with Gasteiger partial charge in [0, 0.05) is 35.8 Å². The number of nitrogens with one attached hydrogen (secondary N) is 1. The summed E-state index contributed by atoms with van der Waals surface area (Å²) >= 11 is 5.55. The van der Waals surface area contributed by atoms with Gasteiger partial charge in [-0.1, -0.05) is 18.2 Å². The number of fused-ring (bicyclic) bond motifs is 1. The molecule has 1 N–H and O–H groups in total. The summed E-state index contributed by atoms with van der Waals surface area (Å²) in [5.41, 5.74) is 3.20. The molecule has 19 heavy (non-hydrogen) atoms. The maximum Gasteiger partial charge on any atom is 0.0725 e. The van der Waals surface area contributed by atoms with Crippen molar-refractivity contribution in [2.24, 2.45) is 0 Å². The molecule has 0 saturated heterocycles. The van der Waals surface area contributed by atoms with E-state index in [2.05, 4.69) is 22.4 Å². The summed E-state index contributed by atoms with van der Waals surface area (Å²) in [4.78, 5) is 4.53. The Labute approximate surface area is 118 Å². The topological polar surface area (TPSA) is 34.1 Å². The summed E-state index contributed by atoms with van der Waals surface area (Å²) < 4.78 is 5.35. The Bertz CT molecular complexity index is 531. The number of aryl methyl sites for hydroxylation is 1. The van der Waals surface area contributed by atoms with Gasteiger partial charge in [0.1, 0.15) is 0 Å². The number of benzene rings is 1. The van der Waals surface area contributed by atoms with Gasteiger partial charge in [0.2, 0.25) is 0 Å². The number of anilines is 1. The van der Waals surface area contributed by atoms with Crippen molar-refractivity contribution in [3.8, 4) is 0 Å². The van der Waals surface area contributed by atoms with Crippen LogP contribution in [0.25, 0.3) is 10.9 Å². The first-order valence-corrected chi connectivity index (χ1v) is 7.08. The maximum atomic E-state index is 5.55. The predicted molar refractivity (Wildman–Crippen MR) is 81.1 cm³/mol. The standard InChI is InChI=1S/C15H19ClN2O/c1-12-11-15(17-8-4-9-19-10-7-16)13-5-2-3-6-14(13)18-12/h2-3,5-6,11H,4,7-10H2,1H3,(H,17,18). The Kier molecular flexibility index (Phi) is 5.43. The molecule has 0 radical (unpaired) electrons. The van der Waals surface area contributed by atoms with Crippen molar-refractivity contribution in [1.29, 1.82) is 0 Å². The van der Waals surface area contributed by atoms with Gasteiger partial charge < -0.3 is 10.1 Å². The second kappa shape index (κ2) is 7.31. The van der Waals surface area contributed by atoms with Gasteiger partial charge in [-0.25, -0.2) is 0 Å². The Morgan fingerprint density at radius 2 is 2.11 bits per heavy atom. The lowest BCUT2D eigenvalue weighted by Gasteiger charge is -2.10. The van der Waals surface area contributed by atoms with Crippen molar-refractivity contribution in [3.05, 3.63) is 36.0 Å². The second-order valence-corrected chi connectivity index (χ2v) is 4.79. The third kappa shape index (κ3) is 4.08. The molecule has 0 spiro atoms. The molecule has 0 aliphatic heterocycles. The molecule has 102 valence electrons. The molecule has 0 unspecified atom stereocenters. The lowest BCUT2D eigenvalue weighted by atomic mass is 10.1. The third-order valence-electron chi connectivity index (χ3n) is 2.85. The second-order valence-electron chi connectivity index (χ2n) is 4.41. The zero-order valence-corrected chi connectivity index (χ0v) is 11.9. The first-order chi connectivity index (χ1) is 9.31. The van der Waals surface area contributed by atoms with Crippen molar-refractivity contribution in [2.75, 3.05) is 31.0 Å². The number of hydrogen-bond donors (Lipinski definition) is 1. The minimum Gasteiger partial charge on any atom is -0.384 e. The molecule has 0 bridgehead atoms. The van der Waals surface area contributed by atoms with E-state index in [0.29, 0.717) is 12.5 Å². The molecular formula is C15H19ClN2O. The Balaban J connectivity index is 1.96. The van der Waals surface area contributed by atoms with Gasteiger partial charge in [0.05, 0.1) is 12.1 Å². The SMILES string of the molecule is Cc1cc(NCCCOCCCl)c2ccccc2n1.